The third kappa shape index (κ3) is 5.67. The Morgan fingerprint density at radius 1 is 1.08 bits per heavy atom. The second-order valence-corrected chi connectivity index (χ2v) is 10.7. The average Bonchev–Trinajstić information content (AvgIpc) is 3.33. The number of thiazole rings is 1. The van der Waals surface area contributed by atoms with E-state index in [1.807, 2.05) is 55.6 Å². The number of halogens is 2. The fourth-order valence-electron chi connectivity index (χ4n) is 4.83. The minimum Gasteiger partial charge on any atom is -0.466 e. The molecule has 2 heterocycles. The number of hydrogen-bond acceptors (Lipinski definition) is 8. The smallest absolute Gasteiger partial charge is 0.336 e. The standard InChI is InChI=1S/C28H29Cl2N3O4S/c1-5-36-25(34)22-16(3)32-28(4,24(26(35)37-6-2)23(22)17-10-8-7-9-11-17)33-27-31-21(15-38-27)18-12-13-19(29)20(30)14-18/h7-15,23-24,32H,5-6H2,1-4H3,(H,31,33). The van der Waals surface area contributed by atoms with Gasteiger partial charge in [-0.25, -0.2) is 9.78 Å². The molecule has 3 aromatic rings. The van der Waals surface area contributed by atoms with Crippen molar-refractivity contribution in [2.24, 2.45) is 5.92 Å². The molecule has 3 atom stereocenters. The van der Waals surface area contributed by atoms with Crippen molar-refractivity contribution in [3.8, 4) is 11.3 Å². The third-order valence-electron chi connectivity index (χ3n) is 6.40. The first-order valence-electron chi connectivity index (χ1n) is 12.2. The van der Waals surface area contributed by atoms with Crippen molar-refractivity contribution in [2.75, 3.05) is 18.5 Å². The Hall–Kier alpha value is -3.07. The van der Waals surface area contributed by atoms with E-state index >= 15 is 0 Å². The SMILES string of the molecule is CCOC(=O)C1=C(C)NC(C)(Nc2nc(-c3ccc(Cl)c(Cl)c3)cs2)C(C(=O)OCC)C1c1ccccc1. The van der Waals surface area contributed by atoms with Crippen LogP contribution in [0, 0.1) is 5.92 Å². The Bertz CT molecular complexity index is 1360. The quantitative estimate of drug-likeness (QED) is 0.291. The lowest BCUT2D eigenvalue weighted by atomic mass is 9.71. The summed E-state index contributed by atoms with van der Waals surface area (Å²) in [5.74, 6) is -2.37. The van der Waals surface area contributed by atoms with Crippen LogP contribution in [-0.2, 0) is 19.1 Å². The number of allylic oxidation sites excluding steroid dienone is 1. The second kappa shape index (κ2) is 11.8. The van der Waals surface area contributed by atoms with E-state index in [4.69, 9.17) is 37.7 Å². The maximum Gasteiger partial charge on any atom is 0.336 e. The second-order valence-electron chi connectivity index (χ2n) is 9.00. The molecule has 3 unspecified atom stereocenters. The third-order valence-corrected chi connectivity index (χ3v) is 7.89. The topological polar surface area (TPSA) is 89.5 Å². The first-order chi connectivity index (χ1) is 18.2. The van der Waals surface area contributed by atoms with E-state index in [2.05, 4.69) is 10.6 Å². The summed E-state index contributed by atoms with van der Waals surface area (Å²) in [4.78, 5) is 31.5. The number of hydrogen-bond donors (Lipinski definition) is 2. The van der Waals surface area contributed by atoms with E-state index in [0.29, 0.717) is 32.1 Å². The molecule has 200 valence electrons. The number of nitrogens with one attached hydrogen (secondary N) is 2. The number of anilines is 1. The van der Waals surface area contributed by atoms with Gasteiger partial charge in [-0.15, -0.1) is 11.3 Å². The highest BCUT2D eigenvalue weighted by molar-refractivity contribution is 7.14. The molecule has 0 saturated heterocycles. The molecule has 2 N–H and O–H groups in total. The number of rotatable bonds is 8. The molecule has 0 saturated carbocycles. The highest BCUT2D eigenvalue weighted by Gasteiger charge is 2.52. The van der Waals surface area contributed by atoms with Gasteiger partial charge in [0.2, 0.25) is 0 Å². The summed E-state index contributed by atoms with van der Waals surface area (Å²) in [6, 6.07) is 14.8. The number of carbonyl (C=O) groups excluding carboxylic acids is 2. The molecule has 0 bridgehead atoms. The number of benzene rings is 2. The van der Waals surface area contributed by atoms with Crippen LogP contribution in [-0.4, -0.2) is 35.8 Å². The fraction of sp³-hybridized carbons (Fsp3) is 0.321. The summed E-state index contributed by atoms with van der Waals surface area (Å²) in [5.41, 5.74) is 2.27. The minimum absolute atomic E-state index is 0.198. The predicted octanol–water partition coefficient (Wildman–Crippen LogP) is 6.65. The first-order valence-corrected chi connectivity index (χ1v) is 13.9. The van der Waals surface area contributed by atoms with Crippen LogP contribution in [0.15, 0.2) is 65.2 Å². The van der Waals surface area contributed by atoms with E-state index in [-0.39, 0.29) is 13.2 Å². The zero-order valence-corrected chi connectivity index (χ0v) is 23.8. The summed E-state index contributed by atoms with van der Waals surface area (Å²) < 4.78 is 11.0. The van der Waals surface area contributed by atoms with Gasteiger partial charge in [-0.2, -0.15) is 0 Å². The minimum atomic E-state index is -1.06. The Morgan fingerprint density at radius 3 is 2.45 bits per heavy atom. The Labute approximate surface area is 236 Å². The van der Waals surface area contributed by atoms with Crippen molar-refractivity contribution in [1.29, 1.82) is 0 Å². The zero-order chi connectivity index (χ0) is 27.4. The fourth-order valence-corrected chi connectivity index (χ4v) is 5.96. The van der Waals surface area contributed by atoms with Crippen LogP contribution in [0.1, 0.15) is 39.2 Å². The molecule has 1 aliphatic heterocycles. The van der Waals surface area contributed by atoms with Gasteiger partial charge in [-0.3, -0.25) is 4.79 Å². The molecule has 0 spiro atoms. The van der Waals surface area contributed by atoms with Crippen molar-refractivity contribution in [1.82, 2.24) is 10.3 Å². The summed E-state index contributed by atoms with van der Waals surface area (Å²) in [6.45, 7) is 7.61. The molecule has 0 amide bonds. The molecular weight excluding hydrogens is 545 g/mol. The van der Waals surface area contributed by atoms with E-state index in [1.165, 1.54) is 11.3 Å². The molecule has 2 aromatic carbocycles. The van der Waals surface area contributed by atoms with Crippen LogP contribution < -0.4 is 10.6 Å². The maximum atomic E-state index is 13.6. The average molecular weight is 575 g/mol. The Kier molecular flexibility index (Phi) is 8.65. The normalized spacial score (nSPS) is 21.0. The summed E-state index contributed by atoms with van der Waals surface area (Å²) in [5, 5.41) is 10.2. The van der Waals surface area contributed by atoms with Gasteiger partial charge in [-0.1, -0.05) is 59.6 Å². The van der Waals surface area contributed by atoms with Crippen molar-refractivity contribution in [3.05, 3.63) is 80.8 Å². The number of ether oxygens (including phenoxy) is 2. The largest absolute Gasteiger partial charge is 0.466 e. The predicted molar refractivity (Wildman–Crippen MR) is 151 cm³/mol. The number of aromatic nitrogens is 1. The van der Waals surface area contributed by atoms with Crippen molar-refractivity contribution in [3.63, 3.8) is 0 Å². The van der Waals surface area contributed by atoms with Gasteiger partial charge in [0.1, 0.15) is 11.6 Å². The van der Waals surface area contributed by atoms with Crippen LogP contribution in [0.25, 0.3) is 11.3 Å². The van der Waals surface area contributed by atoms with Gasteiger partial charge in [0.25, 0.3) is 0 Å². The van der Waals surface area contributed by atoms with Crippen LogP contribution in [0.4, 0.5) is 5.13 Å². The number of nitrogens with zero attached hydrogens (tertiary/aromatic N) is 1. The van der Waals surface area contributed by atoms with Crippen LogP contribution in [0.3, 0.4) is 0 Å². The van der Waals surface area contributed by atoms with Gasteiger partial charge < -0.3 is 20.1 Å². The van der Waals surface area contributed by atoms with Crippen LogP contribution in [0.5, 0.6) is 0 Å². The monoisotopic (exact) mass is 573 g/mol. The van der Waals surface area contributed by atoms with Gasteiger partial charge in [0, 0.05) is 22.6 Å². The van der Waals surface area contributed by atoms with Gasteiger partial charge >= 0.3 is 11.9 Å². The lowest BCUT2D eigenvalue weighted by molar-refractivity contribution is -0.152. The van der Waals surface area contributed by atoms with Gasteiger partial charge in [-0.05, 0) is 45.4 Å². The van der Waals surface area contributed by atoms with E-state index in [1.54, 1.807) is 26.0 Å². The lowest BCUT2D eigenvalue weighted by Gasteiger charge is -2.46. The maximum absolute atomic E-state index is 13.6. The van der Waals surface area contributed by atoms with Gasteiger partial charge in [0.05, 0.1) is 34.5 Å². The highest BCUT2D eigenvalue weighted by atomic mass is 35.5. The molecule has 10 heteroatoms. The molecule has 0 fully saturated rings. The van der Waals surface area contributed by atoms with E-state index in [0.717, 1.165) is 11.1 Å². The molecule has 0 aliphatic carbocycles. The highest BCUT2D eigenvalue weighted by Crippen LogP contribution is 2.45. The molecule has 1 aromatic heterocycles. The van der Waals surface area contributed by atoms with Crippen LogP contribution >= 0.6 is 34.5 Å². The van der Waals surface area contributed by atoms with Crippen molar-refractivity contribution in [2.45, 2.75) is 39.3 Å². The van der Waals surface area contributed by atoms with E-state index < -0.39 is 29.4 Å². The molecular formula is C28H29Cl2N3O4S. The molecule has 7 nitrogen and oxygen atoms in total. The summed E-state index contributed by atoms with van der Waals surface area (Å²) in [6.07, 6.45) is 0. The summed E-state index contributed by atoms with van der Waals surface area (Å²) in [7, 11) is 0. The molecule has 38 heavy (non-hydrogen) atoms. The zero-order valence-electron chi connectivity index (χ0n) is 21.5. The number of esters is 2. The van der Waals surface area contributed by atoms with Crippen molar-refractivity contribution >= 4 is 51.6 Å². The Balaban J connectivity index is 1.79. The van der Waals surface area contributed by atoms with Gasteiger partial charge in [0.15, 0.2) is 5.13 Å². The lowest BCUT2D eigenvalue weighted by Crippen LogP contribution is -2.62. The van der Waals surface area contributed by atoms with E-state index in [9.17, 15) is 9.59 Å². The van der Waals surface area contributed by atoms with Crippen LogP contribution in [0.2, 0.25) is 10.0 Å². The molecule has 4 rings (SSSR count). The summed E-state index contributed by atoms with van der Waals surface area (Å²) >= 11 is 13.7. The molecule has 0 radical (unpaired) electrons. The number of carbonyl (C=O) groups is 2. The Morgan fingerprint density at radius 2 is 1.79 bits per heavy atom. The molecule has 1 aliphatic rings. The van der Waals surface area contributed by atoms with Crippen molar-refractivity contribution < 1.29 is 19.1 Å². The first kappa shape index (κ1) is 28.0.